The summed E-state index contributed by atoms with van der Waals surface area (Å²) in [6.07, 6.45) is 3.63. The first-order valence-corrected chi connectivity index (χ1v) is 10.5. The van der Waals surface area contributed by atoms with E-state index in [1.165, 1.54) is 6.07 Å². The fourth-order valence-electron chi connectivity index (χ4n) is 4.04. The average Bonchev–Trinajstić information content (AvgIpc) is 2.76. The molecule has 1 aliphatic heterocycles. The van der Waals surface area contributed by atoms with Crippen LogP contribution in [0.1, 0.15) is 36.8 Å². The van der Waals surface area contributed by atoms with Crippen LogP contribution in [0.5, 0.6) is 11.5 Å². The number of nitrogens with one attached hydrogen (secondary N) is 1. The van der Waals surface area contributed by atoms with Gasteiger partial charge in [0, 0.05) is 37.7 Å². The molecule has 0 bridgehead atoms. The third-order valence-electron chi connectivity index (χ3n) is 5.65. The van der Waals surface area contributed by atoms with Gasteiger partial charge in [-0.2, -0.15) is 0 Å². The van der Waals surface area contributed by atoms with Crippen molar-refractivity contribution < 1.29 is 18.7 Å². The SMILES string of the molecule is COc1ccc(CNC(=O)CCC2CCCN(Cc3cccc(F)c3)C2)c(OC)c1. The van der Waals surface area contributed by atoms with Crippen LogP contribution in [0, 0.1) is 11.7 Å². The fourth-order valence-corrected chi connectivity index (χ4v) is 4.04. The summed E-state index contributed by atoms with van der Waals surface area (Å²) in [6, 6.07) is 12.4. The largest absolute Gasteiger partial charge is 0.497 e. The summed E-state index contributed by atoms with van der Waals surface area (Å²) in [6.45, 7) is 3.17. The van der Waals surface area contributed by atoms with Gasteiger partial charge in [-0.05, 0) is 61.6 Å². The van der Waals surface area contributed by atoms with E-state index in [1.807, 2.05) is 24.3 Å². The van der Waals surface area contributed by atoms with E-state index in [4.69, 9.17) is 9.47 Å². The molecule has 3 rings (SSSR count). The van der Waals surface area contributed by atoms with E-state index in [1.54, 1.807) is 26.4 Å². The molecule has 1 atom stereocenters. The van der Waals surface area contributed by atoms with Crippen molar-refractivity contribution in [3.8, 4) is 11.5 Å². The molecule has 1 amide bonds. The van der Waals surface area contributed by atoms with Crippen LogP contribution in [0.15, 0.2) is 42.5 Å². The maximum absolute atomic E-state index is 13.4. The lowest BCUT2D eigenvalue weighted by atomic mass is 9.93. The summed E-state index contributed by atoms with van der Waals surface area (Å²) >= 11 is 0. The second-order valence-electron chi connectivity index (χ2n) is 7.87. The summed E-state index contributed by atoms with van der Waals surface area (Å²) in [5.74, 6) is 1.78. The topological polar surface area (TPSA) is 50.8 Å². The highest BCUT2D eigenvalue weighted by atomic mass is 19.1. The Bertz CT molecular complexity index is 843. The molecule has 1 unspecified atom stereocenters. The minimum absolute atomic E-state index is 0.0510. The summed E-state index contributed by atoms with van der Waals surface area (Å²) in [5.41, 5.74) is 1.92. The van der Waals surface area contributed by atoms with E-state index in [-0.39, 0.29) is 11.7 Å². The van der Waals surface area contributed by atoms with Crippen LogP contribution in [-0.2, 0) is 17.9 Å². The van der Waals surface area contributed by atoms with E-state index in [0.717, 1.165) is 55.8 Å². The van der Waals surface area contributed by atoms with E-state index in [0.29, 0.717) is 24.6 Å². The van der Waals surface area contributed by atoms with Crippen LogP contribution in [-0.4, -0.2) is 38.1 Å². The first-order chi connectivity index (χ1) is 14.6. The fraction of sp³-hybridized carbons (Fsp3) is 0.458. The maximum Gasteiger partial charge on any atom is 0.220 e. The molecule has 0 aromatic heterocycles. The van der Waals surface area contributed by atoms with Gasteiger partial charge in [0.05, 0.1) is 14.2 Å². The smallest absolute Gasteiger partial charge is 0.220 e. The number of hydrogen-bond donors (Lipinski definition) is 1. The van der Waals surface area contributed by atoms with Gasteiger partial charge in [0.25, 0.3) is 0 Å². The van der Waals surface area contributed by atoms with Crippen molar-refractivity contribution >= 4 is 5.91 Å². The number of halogens is 1. The predicted molar refractivity (Wildman–Crippen MR) is 115 cm³/mol. The Labute approximate surface area is 178 Å². The Morgan fingerprint density at radius 1 is 1.20 bits per heavy atom. The van der Waals surface area contributed by atoms with Crippen LogP contribution in [0.3, 0.4) is 0 Å². The van der Waals surface area contributed by atoms with Gasteiger partial charge in [-0.25, -0.2) is 4.39 Å². The molecular weight excluding hydrogens is 383 g/mol. The quantitative estimate of drug-likeness (QED) is 0.670. The minimum atomic E-state index is -0.189. The molecular formula is C24H31FN2O3. The number of nitrogens with zero attached hydrogens (tertiary/aromatic N) is 1. The van der Waals surface area contributed by atoms with E-state index < -0.39 is 0 Å². The third kappa shape index (κ3) is 6.46. The van der Waals surface area contributed by atoms with E-state index >= 15 is 0 Å². The number of methoxy groups -OCH3 is 2. The molecule has 1 heterocycles. The first-order valence-electron chi connectivity index (χ1n) is 10.5. The molecule has 1 aliphatic rings. The Balaban J connectivity index is 1.43. The van der Waals surface area contributed by atoms with Crippen LogP contribution in [0.4, 0.5) is 4.39 Å². The van der Waals surface area contributed by atoms with Crippen molar-refractivity contribution in [2.45, 2.75) is 38.8 Å². The van der Waals surface area contributed by atoms with Gasteiger partial charge in [0.15, 0.2) is 0 Å². The zero-order chi connectivity index (χ0) is 21.3. The normalized spacial score (nSPS) is 16.8. The highest BCUT2D eigenvalue weighted by molar-refractivity contribution is 5.75. The zero-order valence-electron chi connectivity index (χ0n) is 17.8. The Kier molecular flexibility index (Phi) is 8.08. The van der Waals surface area contributed by atoms with Gasteiger partial charge >= 0.3 is 0 Å². The lowest BCUT2D eigenvalue weighted by molar-refractivity contribution is -0.121. The summed E-state index contributed by atoms with van der Waals surface area (Å²) in [7, 11) is 3.22. The Morgan fingerprint density at radius 3 is 2.83 bits per heavy atom. The Morgan fingerprint density at radius 2 is 2.07 bits per heavy atom. The molecule has 1 N–H and O–H groups in total. The molecule has 0 aliphatic carbocycles. The van der Waals surface area contributed by atoms with Gasteiger partial charge in [0.2, 0.25) is 5.91 Å². The first kappa shape index (κ1) is 22.1. The molecule has 2 aromatic rings. The summed E-state index contributed by atoms with van der Waals surface area (Å²) in [4.78, 5) is 14.7. The number of piperidine rings is 1. The standard InChI is InChI=1S/C24H31FN2O3/c1-29-22-10-9-20(23(14-22)30-2)15-26-24(28)11-8-18-6-4-12-27(16-18)17-19-5-3-7-21(25)13-19/h3,5,7,9-10,13-14,18H,4,6,8,11-12,15-17H2,1-2H3,(H,26,28). The van der Waals surface area contributed by atoms with Gasteiger partial charge in [0.1, 0.15) is 17.3 Å². The average molecular weight is 415 g/mol. The highest BCUT2D eigenvalue weighted by Crippen LogP contribution is 2.25. The number of ether oxygens (including phenoxy) is 2. The molecule has 0 radical (unpaired) electrons. The lowest BCUT2D eigenvalue weighted by Gasteiger charge is -2.32. The number of rotatable bonds is 9. The van der Waals surface area contributed by atoms with Crippen LogP contribution >= 0.6 is 0 Å². The summed E-state index contributed by atoms with van der Waals surface area (Å²) < 4.78 is 24.0. The van der Waals surface area contributed by atoms with Crippen molar-refractivity contribution in [1.82, 2.24) is 10.2 Å². The lowest BCUT2D eigenvalue weighted by Crippen LogP contribution is -2.35. The van der Waals surface area contributed by atoms with Crippen LogP contribution in [0.2, 0.25) is 0 Å². The molecule has 6 heteroatoms. The van der Waals surface area contributed by atoms with Crippen LogP contribution < -0.4 is 14.8 Å². The molecule has 1 fully saturated rings. The number of benzene rings is 2. The third-order valence-corrected chi connectivity index (χ3v) is 5.65. The van der Waals surface area contributed by atoms with Crippen molar-refractivity contribution in [1.29, 1.82) is 0 Å². The number of likely N-dealkylation sites (tertiary alicyclic amines) is 1. The summed E-state index contributed by atoms with van der Waals surface area (Å²) in [5, 5.41) is 2.99. The second kappa shape index (κ2) is 11.0. The molecule has 30 heavy (non-hydrogen) atoms. The van der Waals surface area contributed by atoms with Crippen molar-refractivity contribution in [3.63, 3.8) is 0 Å². The maximum atomic E-state index is 13.4. The molecule has 0 saturated carbocycles. The molecule has 5 nitrogen and oxygen atoms in total. The van der Waals surface area contributed by atoms with Gasteiger partial charge in [-0.1, -0.05) is 12.1 Å². The van der Waals surface area contributed by atoms with E-state index in [9.17, 15) is 9.18 Å². The number of carbonyl (C=O) groups excluding carboxylic acids is 1. The minimum Gasteiger partial charge on any atom is -0.497 e. The van der Waals surface area contributed by atoms with E-state index in [2.05, 4.69) is 10.2 Å². The molecule has 0 spiro atoms. The predicted octanol–water partition coefficient (Wildman–Crippen LogP) is 4.15. The highest BCUT2D eigenvalue weighted by Gasteiger charge is 2.21. The number of carbonyl (C=O) groups is 1. The number of amides is 1. The van der Waals surface area contributed by atoms with Gasteiger partial charge in [-0.3, -0.25) is 9.69 Å². The van der Waals surface area contributed by atoms with Gasteiger partial charge < -0.3 is 14.8 Å². The monoisotopic (exact) mass is 414 g/mol. The zero-order valence-corrected chi connectivity index (χ0v) is 17.8. The number of hydrogen-bond acceptors (Lipinski definition) is 4. The van der Waals surface area contributed by atoms with Gasteiger partial charge in [-0.15, -0.1) is 0 Å². The van der Waals surface area contributed by atoms with Crippen molar-refractivity contribution in [2.24, 2.45) is 5.92 Å². The second-order valence-corrected chi connectivity index (χ2v) is 7.87. The molecule has 162 valence electrons. The Hall–Kier alpha value is -2.60. The van der Waals surface area contributed by atoms with Crippen molar-refractivity contribution in [2.75, 3.05) is 27.3 Å². The van der Waals surface area contributed by atoms with Crippen LogP contribution in [0.25, 0.3) is 0 Å². The molecule has 2 aromatic carbocycles. The molecule has 1 saturated heterocycles. The van der Waals surface area contributed by atoms with Crippen molar-refractivity contribution in [3.05, 3.63) is 59.4 Å².